The van der Waals surface area contributed by atoms with Crippen LogP contribution < -0.4 is 11.3 Å². The summed E-state index contributed by atoms with van der Waals surface area (Å²) in [4.78, 5) is 17.2. The number of rotatable bonds is 4. The molecule has 0 bridgehead atoms. The second-order valence-corrected chi connectivity index (χ2v) is 9.58. The third kappa shape index (κ3) is 4.04. The van der Waals surface area contributed by atoms with Crippen molar-refractivity contribution in [2.75, 3.05) is 0 Å². The Bertz CT molecular complexity index is 1630. The molecule has 174 valence electrons. The fourth-order valence-electron chi connectivity index (χ4n) is 4.67. The Kier molecular flexibility index (Phi) is 5.97. The first kappa shape index (κ1) is 23.3. The molecule has 4 nitrogen and oxygen atoms in total. The molecule has 2 aromatic heterocycles. The number of aryl methyl sites for hydroxylation is 2. The van der Waals surface area contributed by atoms with E-state index >= 15 is 0 Å². The van der Waals surface area contributed by atoms with E-state index < -0.39 is 5.54 Å². The van der Waals surface area contributed by atoms with Crippen LogP contribution in [0.5, 0.6) is 0 Å². The SMILES string of the molecule is Cc1ccncc1C(N)(c1ccc(Cl)cc1)c1ccc2c(c1)c(-c1cccc(Cl)c1)cc(=O)n2C. The number of hydrogen-bond acceptors (Lipinski definition) is 3. The molecule has 0 spiro atoms. The molecule has 0 aliphatic rings. The number of aromatic nitrogens is 2. The maximum atomic E-state index is 12.8. The second-order valence-electron chi connectivity index (χ2n) is 8.70. The predicted molar refractivity (Wildman–Crippen MR) is 144 cm³/mol. The first-order chi connectivity index (χ1) is 16.8. The van der Waals surface area contributed by atoms with Crippen molar-refractivity contribution in [3.63, 3.8) is 0 Å². The third-order valence-electron chi connectivity index (χ3n) is 6.60. The molecule has 5 aromatic rings. The highest BCUT2D eigenvalue weighted by atomic mass is 35.5. The molecule has 0 saturated heterocycles. The molecular weight excluding hydrogens is 477 g/mol. The highest BCUT2D eigenvalue weighted by Crippen LogP contribution is 2.39. The van der Waals surface area contributed by atoms with Crippen LogP contribution in [0.15, 0.2) is 96.1 Å². The van der Waals surface area contributed by atoms with Gasteiger partial charge < -0.3 is 10.3 Å². The zero-order valence-corrected chi connectivity index (χ0v) is 20.8. The zero-order chi connectivity index (χ0) is 24.7. The quantitative estimate of drug-likeness (QED) is 0.308. The Morgan fingerprint density at radius 1 is 0.886 bits per heavy atom. The summed E-state index contributed by atoms with van der Waals surface area (Å²) < 4.78 is 1.64. The lowest BCUT2D eigenvalue weighted by atomic mass is 9.76. The summed E-state index contributed by atoms with van der Waals surface area (Å²) in [5, 5.41) is 2.14. The molecule has 6 heteroatoms. The van der Waals surface area contributed by atoms with E-state index in [4.69, 9.17) is 28.9 Å². The summed E-state index contributed by atoms with van der Waals surface area (Å²) >= 11 is 12.5. The van der Waals surface area contributed by atoms with Crippen molar-refractivity contribution in [1.82, 2.24) is 9.55 Å². The molecule has 0 aliphatic carbocycles. The third-order valence-corrected chi connectivity index (χ3v) is 7.09. The van der Waals surface area contributed by atoms with Crippen LogP contribution in [0.1, 0.15) is 22.3 Å². The number of fused-ring (bicyclic) bond motifs is 1. The Labute approximate surface area is 213 Å². The lowest BCUT2D eigenvalue weighted by Crippen LogP contribution is -2.40. The second kappa shape index (κ2) is 8.97. The smallest absolute Gasteiger partial charge is 0.251 e. The van der Waals surface area contributed by atoms with Gasteiger partial charge in [0.05, 0.1) is 11.1 Å². The molecule has 0 fully saturated rings. The fraction of sp³-hybridized carbons (Fsp3) is 0.103. The number of benzene rings is 3. The molecule has 35 heavy (non-hydrogen) atoms. The minimum Gasteiger partial charge on any atom is -0.314 e. The number of nitrogens with zero attached hydrogens (tertiary/aromatic N) is 2. The maximum Gasteiger partial charge on any atom is 0.251 e. The maximum absolute atomic E-state index is 12.8. The van der Waals surface area contributed by atoms with Crippen LogP contribution in [0.3, 0.4) is 0 Å². The van der Waals surface area contributed by atoms with Gasteiger partial charge in [0.2, 0.25) is 0 Å². The van der Waals surface area contributed by atoms with Gasteiger partial charge in [0.15, 0.2) is 0 Å². The van der Waals surface area contributed by atoms with Crippen molar-refractivity contribution in [2.45, 2.75) is 12.5 Å². The molecule has 3 aromatic carbocycles. The molecule has 0 aliphatic heterocycles. The van der Waals surface area contributed by atoms with Crippen LogP contribution in [-0.2, 0) is 12.6 Å². The van der Waals surface area contributed by atoms with Crippen molar-refractivity contribution in [3.05, 3.63) is 134 Å². The molecule has 5 rings (SSSR count). The summed E-state index contributed by atoms with van der Waals surface area (Å²) in [5.41, 5.74) is 12.3. The van der Waals surface area contributed by atoms with Crippen molar-refractivity contribution in [2.24, 2.45) is 12.8 Å². The zero-order valence-electron chi connectivity index (χ0n) is 19.3. The van der Waals surface area contributed by atoms with E-state index in [1.54, 1.807) is 23.9 Å². The van der Waals surface area contributed by atoms with Crippen LogP contribution in [-0.4, -0.2) is 9.55 Å². The van der Waals surface area contributed by atoms with Crippen LogP contribution in [0, 0.1) is 6.92 Å². The Balaban J connectivity index is 1.85. The molecule has 2 N–H and O–H groups in total. The number of halogens is 2. The van der Waals surface area contributed by atoms with Gasteiger partial charge in [0.25, 0.3) is 5.56 Å². The summed E-state index contributed by atoms with van der Waals surface area (Å²) in [7, 11) is 1.77. The van der Waals surface area contributed by atoms with Gasteiger partial charge in [-0.15, -0.1) is 0 Å². The van der Waals surface area contributed by atoms with Crippen molar-refractivity contribution in [1.29, 1.82) is 0 Å². The van der Waals surface area contributed by atoms with Crippen LogP contribution in [0.4, 0.5) is 0 Å². The Morgan fingerprint density at radius 2 is 1.63 bits per heavy atom. The van der Waals surface area contributed by atoms with Crippen molar-refractivity contribution >= 4 is 34.1 Å². The molecule has 1 atom stereocenters. The van der Waals surface area contributed by atoms with Crippen LogP contribution >= 0.6 is 23.2 Å². The number of nitrogens with two attached hydrogens (primary N) is 1. The molecule has 0 radical (unpaired) electrons. The monoisotopic (exact) mass is 499 g/mol. The normalized spacial score (nSPS) is 13.1. The van der Waals surface area contributed by atoms with Crippen LogP contribution in [0.2, 0.25) is 10.0 Å². The van der Waals surface area contributed by atoms with E-state index in [1.165, 1.54) is 0 Å². The average molecular weight is 500 g/mol. The molecule has 0 saturated carbocycles. The highest BCUT2D eigenvalue weighted by Gasteiger charge is 2.34. The predicted octanol–water partition coefficient (Wildman–Crippen LogP) is 6.47. The van der Waals surface area contributed by atoms with E-state index in [0.29, 0.717) is 10.0 Å². The Morgan fingerprint density at radius 3 is 2.34 bits per heavy atom. The van der Waals surface area contributed by atoms with Gasteiger partial charge in [-0.1, -0.05) is 53.5 Å². The van der Waals surface area contributed by atoms with E-state index in [1.807, 2.05) is 79.9 Å². The van der Waals surface area contributed by atoms with E-state index in [2.05, 4.69) is 11.1 Å². The molecule has 1 unspecified atom stereocenters. The molecular formula is C29H23Cl2N3O. The van der Waals surface area contributed by atoms with Gasteiger partial charge in [-0.3, -0.25) is 9.78 Å². The number of hydrogen-bond donors (Lipinski definition) is 1. The average Bonchev–Trinajstić information content (AvgIpc) is 2.86. The summed E-state index contributed by atoms with van der Waals surface area (Å²) in [6, 6.07) is 24.7. The van der Waals surface area contributed by atoms with Crippen LogP contribution in [0.25, 0.3) is 22.0 Å². The summed E-state index contributed by atoms with van der Waals surface area (Å²) in [6.07, 6.45) is 3.57. The van der Waals surface area contributed by atoms with E-state index in [-0.39, 0.29) is 5.56 Å². The molecule has 2 heterocycles. The van der Waals surface area contributed by atoms with Gasteiger partial charge in [-0.2, -0.15) is 0 Å². The minimum atomic E-state index is -1.00. The van der Waals surface area contributed by atoms with Gasteiger partial charge in [0.1, 0.15) is 0 Å². The van der Waals surface area contributed by atoms with Gasteiger partial charge in [-0.25, -0.2) is 0 Å². The summed E-state index contributed by atoms with van der Waals surface area (Å²) in [5.74, 6) is 0. The highest BCUT2D eigenvalue weighted by molar-refractivity contribution is 6.31. The standard InChI is InChI=1S/C29H23Cl2N3O/c1-18-12-13-33-17-26(18)29(32,20-6-9-22(30)10-7-20)21-8-11-27-25(15-21)24(16-28(35)34(27)2)19-4-3-5-23(31)14-19/h3-17H,32H2,1-2H3. The van der Waals surface area contributed by atoms with Crippen molar-refractivity contribution < 1.29 is 0 Å². The fourth-order valence-corrected chi connectivity index (χ4v) is 4.98. The van der Waals surface area contributed by atoms with Gasteiger partial charge in [-0.05, 0) is 77.2 Å². The molecule has 0 amide bonds. The summed E-state index contributed by atoms with van der Waals surface area (Å²) in [6.45, 7) is 2.02. The minimum absolute atomic E-state index is 0.0972. The number of pyridine rings is 2. The van der Waals surface area contributed by atoms with Gasteiger partial charge >= 0.3 is 0 Å². The van der Waals surface area contributed by atoms with E-state index in [9.17, 15) is 4.79 Å². The first-order valence-electron chi connectivity index (χ1n) is 11.2. The largest absolute Gasteiger partial charge is 0.314 e. The Hall–Kier alpha value is -3.44. The lowest BCUT2D eigenvalue weighted by molar-refractivity contribution is 0.645. The first-order valence-corrected chi connectivity index (χ1v) is 11.9. The van der Waals surface area contributed by atoms with E-state index in [0.717, 1.165) is 44.3 Å². The van der Waals surface area contributed by atoms with Crippen molar-refractivity contribution in [3.8, 4) is 11.1 Å². The van der Waals surface area contributed by atoms with Gasteiger partial charge in [0, 0.05) is 46.5 Å². The lowest BCUT2D eigenvalue weighted by Gasteiger charge is -2.33. The topological polar surface area (TPSA) is 60.9 Å².